The summed E-state index contributed by atoms with van der Waals surface area (Å²) >= 11 is 1.63. The molecule has 1 unspecified atom stereocenters. The van der Waals surface area contributed by atoms with Crippen molar-refractivity contribution < 1.29 is 9.53 Å². The van der Waals surface area contributed by atoms with E-state index in [1.54, 1.807) is 17.5 Å². The van der Waals surface area contributed by atoms with E-state index in [1.807, 2.05) is 6.07 Å². The summed E-state index contributed by atoms with van der Waals surface area (Å²) in [5.74, 6) is 7.22. The van der Waals surface area contributed by atoms with Crippen LogP contribution in [0.3, 0.4) is 0 Å². The molecule has 6 rings (SSSR count). The Morgan fingerprint density at radius 1 is 1.24 bits per heavy atom. The smallest absolute Gasteiger partial charge is 0.271 e. The number of hydrogen-bond donors (Lipinski definition) is 1. The van der Waals surface area contributed by atoms with Crippen molar-refractivity contribution in [3.05, 3.63) is 28.9 Å². The highest BCUT2D eigenvalue weighted by Gasteiger charge is 2.34. The lowest BCUT2D eigenvalue weighted by Crippen LogP contribution is -2.56. The van der Waals surface area contributed by atoms with E-state index >= 15 is 0 Å². The molecule has 152 valence electrons. The largest absolute Gasteiger partial charge is 0.379 e. The van der Waals surface area contributed by atoms with Crippen LogP contribution in [0.2, 0.25) is 0 Å². The van der Waals surface area contributed by atoms with Crippen molar-refractivity contribution in [1.82, 2.24) is 20.1 Å². The predicted molar refractivity (Wildman–Crippen MR) is 114 cm³/mol. The number of pyridine rings is 1. The Kier molecular flexibility index (Phi) is 5.51. The molecule has 0 saturated carbocycles. The number of aromatic nitrogens is 1. The number of thiophene rings is 1. The van der Waals surface area contributed by atoms with Crippen molar-refractivity contribution in [3.8, 4) is 11.8 Å². The maximum atomic E-state index is 12.7. The van der Waals surface area contributed by atoms with Gasteiger partial charge < -0.3 is 10.1 Å². The van der Waals surface area contributed by atoms with Gasteiger partial charge in [-0.05, 0) is 42.7 Å². The number of piperidine rings is 3. The fraction of sp³-hybridized carbons (Fsp3) is 0.545. The van der Waals surface area contributed by atoms with Gasteiger partial charge in [0.1, 0.15) is 5.69 Å². The van der Waals surface area contributed by atoms with Crippen LogP contribution >= 0.6 is 11.3 Å². The minimum Gasteiger partial charge on any atom is -0.379 e. The van der Waals surface area contributed by atoms with Gasteiger partial charge in [0.25, 0.3) is 5.91 Å². The molecular formula is C22H26N4O2S. The molecule has 6 heterocycles. The van der Waals surface area contributed by atoms with Crippen molar-refractivity contribution in [2.45, 2.75) is 25.4 Å². The van der Waals surface area contributed by atoms with Gasteiger partial charge in [-0.2, -0.15) is 0 Å². The lowest BCUT2D eigenvalue weighted by atomic mass is 9.86. The maximum absolute atomic E-state index is 12.7. The highest BCUT2D eigenvalue weighted by molar-refractivity contribution is 7.19. The summed E-state index contributed by atoms with van der Waals surface area (Å²) in [5, 5.41) is 4.23. The lowest BCUT2D eigenvalue weighted by molar-refractivity contribution is 0.0293. The van der Waals surface area contributed by atoms with Gasteiger partial charge in [0.15, 0.2) is 0 Å². The molecule has 4 fully saturated rings. The predicted octanol–water partition coefficient (Wildman–Crippen LogP) is 2.15. The number of nitrogens with one attached hydrogen (secondary N) is 1. The number of carbonyl (C=O) groups is 1. The molecule has 4 aliphatic rings. The quantitative estimate of drug-likeness (QED) is 0.786. The fourth-order valence-electron chi connectivity index (χ4n) is 4.47. The van der Waals surface area contributed by atoms with Crippen LogP contribution in [0.5, 0.6) is 0 Å². The van der Waals surface area contributed by atoms with E-state index in [2.05, 4.69) is 38.0 Å². The summed E-state index contributed by atoms with van der Waals surface area (Å²) in [6.07, 6.45) is 5.56. The van der Waals surface area contributed by atoms with Crippen LogP contribution in [-0.4, -0.2) is 72.8 Å². The number of fused-ring (bicyclic) bond motifs is 4. The SMILES string of the molecule is O=C(NC1CC2CCN1CC2)c1cc2cc(C#CCN3CCOCC3)sc2cn1. The van der Waals surface area contributed by atoms with Gasteiger partial charge in [-0.15, -0.1) is 11.3 Å². The number of carbonyl (C=O) groups excluding carboxylic acids is 1. The molecule has 2 aromatic rings. The molecular weight excluding hydrogens is 384 g/mol. The molecule has 6 nitrogen and oxygen atoms in total. The first-order valence-corrected chi connectivity index (χ1v) is 11.3. The molecule has 0 aromatic carbocycles. The molecule has 4 aliphatic heterocycles. The van der Waals surface area contributed by atoms with Crippen LogP contribution in [0, 0.1) is 17.8 Å². The van der Waals surface area contributed by atoms with E-state index in [1.165, 1.54) is 12.8 Å². The standard InChI is InChI=1S/C22H26N4O2S/c27-22(24-21-12-16-3-6-26(21)7-4-16)19-14-17-13-18(29-20(17)15-23-19)2-1-5-25-8-10-28-11-9-25/h13-16,21H,3-12H2,(H,24,27). The highest BCUT2D eigenvalue weighted by Crippen LogP contribution is 2.31. The Morgan fingerprint density at radius 3 is 2.83 bits per heavy atom. The first-order valence-electron chi connectivity index (χ1n) is 10.5. The summed E-state index contributed by atoms with van der Waals surface area (Å²) in [6, 6.07) is 3.96. The molecule has 29 heavy (non-hydrogen) atoms. The lowest BCUT2D eigenvalue weighted by Gasteiger charge is -2.45. The minimum atomic E-state index is -0.0735. The molecule has 0 spiro atoms. The number of rotatable bonds is 3. The van der Waals surface area contributed by atoms with E-state index in [0.717, 1.165) is 73.2 Å². The summed E-state index contributed by atoms with van der Waals surface area (Å²) in [7, 11) is 0. The zero-order valence-electron chi connectivity index (χ0n) is 16.5. The summed E-state index contributed by atoms with van der Waals surface area (Å²) in [6.45, 7) is 6.44. The third-order valence-electron chi connectivity index (χ3n) is 6.20. The van der Waals surface area contributed by atoms with Gasteiger partial charge in [-0.25, -0.2) is 4.98 Å². The van der Waals surface area contributed by atoms with Crippen LogP contribution in [0.25, 0.3) is 10.1 Å². The average molecular weight is 411 g/mol. The van der Waals surface area contributed by atoms with Crippen LogP contribution < -0.4 is 5.32 Å². The number of amides is 1. The average Bonchev–Trinajstić information content (AvgIpc) is 3.17. The van der Waals surface area contributed by atoms with Crippen LogP contribution in [0.4, 0.5) is 0 Å². The Bertz CT molecular complexity index is 949. The monoisotopic (exact) mass is 410 g/mol. The van der Waals surface area contributed by atoms with Gasteiger partial charge in [0, 0.05) is 32.4 Å². The Labute approximate surface area is 175 Å². The first kappa shape index (κ1) is 19.0. The Hall–Kier alpha value is -1.98. The second-order valence-electron chi connectivity index (χ2n) is 8.11. The van der Waals surface area contributed by atoms with Crippen molar-refractivity contribution in [3.63, 3.8) is 0 Å². The van der Waals surface area contributed by atoms with Gasteiger partial charge in [-0.1, -0.05) is 11.8 Å². The molecule has 7 heteroatoms. The minimum absolute atomic E-state index is 0.0735. The second kappa shape index (κ2) is 8.41. The molecule has 1 N–H and O–H groups in total. The molecule has 1 atom stereocenters. The number of morpholine rings is 1. The van der Waals surface area contributed by atoms with E-state index in [9.17, 15) is 4.79 Å². The van der Waals surface area contributed by atoms with Crippen LogP contribution in [0.1, 0.15) is 34.6 Å². The zero-order valence-corrected chi connectivity index (χ0v) is 17.3. The van der Waals surface area contributed by atoms with Crippen molar-refractivity contribution in [2.24, 2.45) is 5.92 Å². The molecule has 4 saturated heterocycles. The maximum Gasteiger partial charge on any atom is 0.271 e. The fourth-order valence-corrected chi connectivity index (χ4v) is 5.36. The van der Waals surface area contributed by atoms with Gasteiger partial charge in [0.05, 0.1) is 35.5 Å². The summed E-state index contributed by atoms with van der Waals surface area (Å²) < 4.78 is 6.43. The summed E-state index contributed by atoms with van der Waals surface area (Å²) in [5.41, 5.74) is 0.491. The van der Waals surface area contributed by atoms with Crippen LogP contribution in [0.15, 0.2) is 18.3 Å². The van der Waals surface area contributed by atoms with E-state index in [-0.39, 0.29) is 12.1 Å². The van der Waals surface area contributed by atoms with Crippen molar-refractivity contribution >= 4 is 27.3 Å². The van der Waals surface area contributed by atoms with Gasteiger partial charge in [-0.3, -0.25) is 14.6 Å². The first-order chi connectivity index (χ1) is 14.2. The molecule has 2 bridgehead atoms. The van der Waals surface area contributed by atoms with E-state index in [4.69, 9.17) is 4.74 Å². The number of ether oxygens (including phenoxy) is 1. The number of hydrogen-bond acceptors (Lipinski definition) is 6. The zero-order chi connectivity index (χ0) is 19.6. The normalized spacial score (nSPS) is 26.8. The second-order valence-corrected chi connectivity index (χ2v) is 9.20. The Morgan fingerprint density at radius 2 is 2.07 bits per heavy atom. The molecule has 0 aliphatic carbocycles. The van der Waals surface area contributed by atoms with Gasteiger partial charge >= 0.3 is 0 Å². The third kappa shape index (κ3) is 4.31. The van der Waals surface area contributed by atoms with Gasteiger partial charge in [0.2, 0.25) is 0 Å². The Balaban J connectivity index is 1.25. The topological polar surface area (TPSA) is 57.7 Å². The van der Waals surface area contributed by atoms with E-state index < -0.39 is 0 Å². The van der Waals surface area contributed by atoms with Crippen molar-refractivity contribution in [1.29, 1.82) is 0 Å². The van der Waals surface area contributed by atoms with E-state index in [0.29, 0.717) is 5.69 Å². The molecule has 0 radical (unpaired) electrons. The molecule has 2 aromatic heterocycles. The van der Waals surface area contributed by atoms with Crippen molar-refractivity contribution in [2.75, 3.05) is 45.9 Å². The van der Waals surface area contributed by atoms with Crippen LogP contribution in [-0.2, 0) is 4.74 Å². The molecule has 1 amide bonds. The number of nitrogens with zero attached hydrogens (tertiary/aromatic N) is 3. The highest BCUT2D eigenvalue weighted by atomic mass is 32.1. The summed E-state index contributed by atoms with van der Waals surface area (Å²) in [4.78, 5) is 22.9. The third-order valence-corrected chi connectivity index (χ3v) is 7.20.